The van der Waals surface area contributed by atoms with Crippen molar-refractivity contribution in [3.8, 4) is 11.1 Å². The van der Waals surface area contributed by atoms with Crippen molar-refractivity contribution in [3.63, 3.8) is 0 Å². The molecular weight excluding hydrogens is 312 g/mol. The van der Waals surface area contributed by atoms with E-state index >= 15 is 0 Å². The highest BCUT2D eigenvalue weighted by Crippen LogP contribution is 2.25. The second-order valence-corrected chi connectivity index (χ2v) is 4.90. The molecule has 0 unspecified atom stereocenters. The highest BCUT2D eigenvalue weighted by Gasteiger charge is 2.03. The molecule has 2 nitrogen and oxygen atoms in total. The highest BCUT2D eigenvalue weighted by atomic mass is 35.5. The van der Waals surface area contributed by atoms with E-state index in [4.69, 9.17) is 16.3 Å². The van der Waals surface area contributed by atoms with Crippen molar-refractivity contribution < 1.29 is 9.13 Å². The molecule has 2 rings (SSSR count). The van der Waals surface area contributed by atoms with Gasteiger partial charge in [0, 0.05) is 20.2 Å². The number of benzene rings is 2. The zero-order chi connectivity index (χ0) is 14.4. The van der Waals surface area contributed by atoms with Gasteiger partial charge in [-0.3, -0.25) is 0 Å². The van der Waals surface area contributed by atoms with E-state index in [0.717, 1.165) is 24.2 Å². The van der Waals surface area contributed by atoms with Gasteiger partial charge >= 0.3 is 0 Å². The minimum absolute atomic E-state index is 0. The molecule has 0 spiro atoms. The van der Waals surface area contributed by atoms with Crippen LogP contribution >= 0.6 is 24.0 Å². The quantitative estimate of drug-likeness (QED) is 0.797. The van der Waals surface area contributed by atoms with Crippen LogP contribution in [-0.2, 0) is 11.3 Å². The standard InChI is InChI=1S/C16H17ClFNO.ClH/c1-20-9-8-19-11-12-2-4-13(5-3-12)14-6-7-16(18)15(17)10-14;/h2-7,10,19H,8-9,11H2,1H3;1H. The summed E-state index contributed by atoms with van der Waals surface area (Å²) in [6.45, 7) is 2.33. The highest BCUT2D eigenvalue weighted by molar-refractivity contribution is 6.31. The van der Waals surface area contributed by atoms with Crippen molar-refractivity contribution in [3.05, 3.63) is 58.9 Å². The van der Waals surface area contributed by atoms with Crippen molar-refractivity contribution in [1.82, 2.24) is 5.32 Å². The SMILES string of the molecule is COCCNCc1ccc(-c2ccc(F)c(Cl)c2)cc1.Cl. The van der Waals surface area contributed by atoms with Gasteiger partial charge in [-0.2, -0.15) is 0 Å². The maximum atomic E-state index is 13.1. The van der Waals surface area contributed by atoms with Gasteiger partial charge in [0.1, 0.15) is 5.82 Å². The fourth-order valence-corrected chi connectivity index (χ4v) is 2.08. The van der Waals surface area contributed by atoms with Crippen LogP contribution < -0.4 is 5.32 Å². The number of methoxy groups -OCH3 is 1. The van der Waals surface area contributed by atoms with E-state index in [0.29, 0.717) is 6.61 Å². The molecule has 0 atom stereocenters. The summed E-state index contributed by atoms with van der Waals surface area (Å²) in [5.74, 6) is -0.394. The molecule has 0 aliphatic rings. The van der Waals surface area contributed by atoms with E-state index in [1.165, 1.54) is 11.6 Å². The lowest BCUT2D eigenvalue weighted by Gasteiger charge is -2.07. The zero-order valence-corrected chi connectivity index (χ0v) is 13.3. The van der Waals surface area contributed by atoms with Gasteiger partial charge in [0.05, 0.1) is 11.6 Å². The van der Waals surface area contributed by atoms with Gasteiger partial charge in [0.2, 0.25) is 0 Å². The van der Waals surface area contributed by atoms with Crippen LogP contribution in [0.3, 0.4) is 0 Å². The van der Waals surface area contributed by atoms with Gasteiger partial charge in [0.25, 0.3) is 0 Å². The molecule has 0 heterocycles. The maximum Gasteiger partial charge on any atom is 0.141 e. The van der Waals surface area contributed by atoms with Gasteiger partial charge in [-0.1, -0.05) is 41.9 Å². The molecule has 2 aromatic carbocycles. The second-order valence-electron chi connectivity index (χ2n) is 4.50. The van der Waals surface area contributed by atoms with Crippen LogP contribution in [0.4, 0.5) is 4.39 Å². The Labute approximate surface area is 135 Å². The second kappa shape index (κ2) is 9.00. The molecule has 1 N–H and O–H groups in total. The Balaban J connectivity index is 0.00000220. The maximum absolute atomic E-state index is 13.1. The van der Waals surface area contributed by atoms with E-state index < -0.39 is 5.82 Å². The molecule has 0 fully saturated rings. The van der Waals surface area contributed by atoms with E-state index in [-0.39, 0.29) is 17.4 Å². The van der Waals surface area contributed by atoms with Crippen LogP contribution in [-0.4, -0.2) is 20.3 Å². The molecule has 0 saturated heterocycles. The number of hydrogen-bond acceptors (Lipinski definition) is 2. The van der Waals surface area contributed by atoms with Crippen LogP contribution in [0, 0.1) is 5.82 Å². The van der Waals surface area contributed by atoms with Crippen LogP contribution in [0.2, 0.25) is 5.02 Å². The molecule has 0 saturated carbocycles. The van der Waals surface area contributed by atoms with Crippen molar-refractivity contribution in [2.24, 2.45) is 0 Å². The normalized spacial score (nSPS) is 10.2. The predicted octanol–water partition coefficient (Wildman–Crippen LogP) is 4.30. The summed E-state index contributed by atoms with van der Waals surface area (Å²) in [4.78, 5) is 0. The molecule has 114 valence electrons. The molecule has 0 aromatic heterocycles. The first-order valence-corrected chi connectivity index (χ1v) is 6.82. The lowest BCUT2D eigenvalue weighted by molar-refractivity contribution is 0.199. The largest absolute Gasteiger partial charge is 0.383 e. The average molecular weight is 330 g/mol. The number of hydrogen-bond donors (Lipinski definition) is 1. The van der Waals surface area contributed by atoms with Gasteiger partial charge in [-0.15, -0.1) is 12.4 Å². The Morgan fingerprint density at radius 1 is 1.10 bits per heavy atom. The minimum atomic E-state index is -0.394. The fraction of sp³-hybridized carbons (Fsp3) is 0.250. The van der Waals surface area contributed by atoms with E-state index in [2.05, 4.69) is 5.32 Å². The third-order valence-electron chi connectivity index (χ3n) is 3.02. The predicted molar refractivity (Wildman–Crippen MR) is 87.7 cm³/mol. The van der Waals surface area contributed by atoms with Crippen LogP contribution in [0.5, 0.6) is 0 Å². The average Bonchev–Trinajstić information content (AvgIpc) is 2.47. The Kier molecular flexibility index (Phi) is 7.68. The minimum Gasteiger partial charge on any atom is -0.383 e. The number of ether oxygens (including phenoxy) is 1. The summed E-state index contributed by atoms with van der Waals surface area (Å²) < 4.78 is 18.1. The molecule has 0 radical (unpaired) electrons. The number of halogens is 3. The summed E-state index contributed by atoms with van der Waals surface area (Å²) >= 11 is 5.80. The Bertz CT molecular complexity index is 561. The van der Waals surface area contributed by atoms with Gasteiger partial charge < -0.3 is 10.1 Å². The van der Waals surface area contributed by atoms with Crippen molar-refractivity contribution in [2.45, 2.75) is 6.54 Å². The van der Waals surface area contributed by atoms with E-state index in [9.17, 15) is 4.39 Å². The summed E-state index contributed by atoms with van der Waals surface area (Å²) in [6, 6.07) is 12.9. The van der Waals surface area contributed by atoms with Crippen molar-refractivity contribution >= 4 is 24.0 Å². The third kappa shape index (κ3) is 5.29. The van der Waals surface area contributed by atoms with Crippen LogP contribution in [0.25, 0.3) is 11.1 Å². The fourth-order valence-electron chi connectivity index (χ4n) is 1.90. The molecular formula is C16H18Cl2FNO. The molecule has 0 amide bonds. The summed E-state index contributed by atoms with van der Waals surface area (Å²) in [6.07, 6.45) is 0. The summed E-state index contributed by atoms with van der Waals surface area (Å²) in [5, 5.41) is 3.43. The summed E-state index contributed by atoms with van der Waals surface area (Å²) in [5.41, 5.74) is 3.13. The molecule has 0 bridgehead atoms. The summed E-state index contributed by atoms with van der Waals surface area (Å²) in [7, 11) is 1.68. The van der Waals surface area contributed by atoms with Gasteiger partial charge in [0.15, 0.2) is 0 Å². The Morgan fingerprint density at radius 3 is 2.38 bits per heavy atom. The third-order valence-corrected chi connectivity index (χ3v) is 3.31. The smallest absolute Gasteiger partial charge is 0.141 e. The lowest BCUT2D eigenvalue weighted by atomic mass is 10.0. The Hall–Kier alpha value is -1.13. The first-order valence-electron chi connectivity index (χ1n) is 6.44. The van der Waals surface area contributed by atoms with Crippen molar-refractivity contribution in [1.29, 1.82) is 0 Å². The van der Waals surface area contributed by atoms with E-state index in [1.54, 1.807) is 19.2 Å². The molecule has 0 aliphatic carbocycles. The molecule has 21 heavy (non-hydrogen) atoms. The number of nitrogens with one attached hydrogen (secondary N) is 1. The van der Waals surface area contributed by atoms with Crippen molar-refractivity contribution in [2.75, 3.05) is 20.3 Å². The zero-order valence-electron chi connectivity index (χ0n) is 11.7. The topological polar surface area (TPSA) is 21.3 Å². The number of rotatable bonds is 6. The van der Waals surface area contributed by atoms with Crippen LogP contribution in [0.15, 0.2) is 42.5 Å². The lowest BCUT2D eigenvalue weighted by Crippen LogP contribution is -2.18. The van der Waals surface area contributed by atoms with Gasteiger partial charge in [-0.05, 0) is 28.8 Å². The first-order chi connectivity index (χ1) is 9.70. The van der Waals surface area contributed by atoms with Crippen LogP contribution in [0.1, 0.15) is 5.56 Å². The van der Waals surface area contributed by atoms with Gasteiger partial charge in [-0.25, -0.2) is 4.39 Å². The molecule has 5 heteroatoms. The van der Waals surface area contributed by atoms with E-state index in [1.807, 2.05) is 24.3 Å². The Morgan fingerprint density at radius 2 is 1.76 bits per heavy atom. The molecule has 0 aliphatic heterocycles. The monoisotopic (exact) mass is 329 g/mol. The first kappa shape index (κ1) is 17.9. The molecule has 2 aromatic rings.